The number of hydrogen-bond donors (Lipinski definition) is 1. The van der Waals surface area contributed by atoms with Gasteiger partial charge < -0.3 is 10.2 Å². The first-order chi connectivity index (χ1) is 17.6. The van der Waals surface area contributed by atoms with Gasteiger partial charge in [-0.25, -0.2) is 4.98 Å². The van der Waals surface area contributed by atoms with Crippen LogP contribution >= 0.6 is 0 Å². The molecule has 6 nitrogen and oxygen atoms in total. The number of nitrogens with one attached hydrogen (secondary N) is 1. The zero-order valence-electron chi connectivity index (χ0n) is 21.4. The second-order valence-corrected chi connectivity index (χ2v) is 9.55. The SMILES string of the molecule is CCC(CC)N1CCN(c2ccc(Nc3ccc(-c4ccc(C(C)=O)cc4)n4ccnc34)cc2)CC1. The average molecular weight is 482 g/mol. The van der Waals surface area contributed by atoms with Crippen LogP contribution in [0.1, 0.15) is 44.0 Å². The Morgan fingerprint density at radius 2 is 1.61 bits per heavy atom. The number of piperazine rings is 1. The third-order valence-electron chi connectivity index (χ3n) is 7.42. The van der Waals surface area contributed by atoms with Crippen molar-refractivity contribution in [1.82, 2.24) is 14.3 Å². The number of rotatable bonds is 8. The predicted octanol–water partition coefficient (Wildman–Crippen LogP) is 6.26. The highest BCUT2D eigenvalue weighted by molar-refractivity contribution is 5.94. The number of nitrogens with zero attached hydrogens (tertiary/aromatic N) is 4. The highest BCUT2D eigenvalue weighted by Gasteiger charge is 2.21. The van der Waals surface area contributed by atoms with Gasteiger partial charge in [0.05, 0.1) is 11.4 Å². The Morgan fingerprint density at radius 1 is 0.917 bits per heavy atom. The standard InChI is InChI=1S/C30H35N5O/c1-4-26(5-2)33-18-20-34(21-19-33)27-12-10-25(11-13-27)32-28-14-15-29(35-17-16-31-30(28)35)24-8-6-23(7-9-24)22(3)36/h6-17,26,32H,4-5,18-21H2,1-3H3. The normalized spacial score (nSPS) is 14.5. The summed E-state index contributed by atoms with van der Waals surface area (Å²) in [7, 11) is 0. The van der Waals surface area contributed by atoms with Gasteiger partial charge in [-0.2, -0.15) is 0 Å². The molecule has 186 valence electrons. The number of anilines is 3. The monoisotopic (exact) mass is 481 g/mol. The molecule has 0 atom stereocenters. The molecule has 0 radical (unpaired) electrons. The van der Waals surface area contributed by atoms with Gasteiger partial charge in [0, 0.05) is 61.6 Å². The Morgan fingerprint density at radius 3 is 2.25 bits per heavy atom. The van der Waals surface area contributed by atoms with Crippen molar-refractivity contribution in [3.8, 4) is 11.3 Å². The van der Waals surface area contributed by atoms with Crippen molar-refractivity contribution in [2.75, 3.05) is 36.4 Å². The van der Waals surface area contributed by atoms with E-state index < -0.39 is 0 Å². The van der Waals surface area contributed by atoms with Crippen LogP contribution in [0.15, 0.2) is 73.1 Å². The Bertz CT molecular complexity index is 1310. The summed E-state index contributed by atoms with van der Waals surface area (Å²) < 4.78 is 2.08. The van der Waals surface area contributed by atoms with Gasteiger partial charge in [-0.05, 0) is 61.7 Å². The number of carbonyl (C=O) groups excluding carboxylic acids is 1. The topological polar surface area (TPSA) is 52.9 Å². The number of carbonyl (C=O) groups is 1. The van der Waals surface area contributed by atoms with Crippen LogP contribution < -0.4 is 10.2 Å². The molecule has 3 heterocycles. The summed E-state index contributed by atoms with van der Waals surface area (Å²) in [5, 5.41) is 3.55. The second kappa shape index (κ2) is 10.5. The predicted molar refractivity (Wildman–Crippen MR) is 149 cm³/mol. The molecule has 2 aromatic carbocycles. The van der Waals surface area contributed by atoms with E-state index >= 15 is 0 Å². The first kappa shape index (κ1) is 24.1. The third kappa shape index (κ3) is 4.86. The maximum Gasteiger partial charge on any atom is 0.161 e. The molecule has 1 fully saturated rings. The summed E-state index contributed by atoms with van der Waals surface area (Å²) in [6.45, 7) is 10.6. The lowest BCUT2D eigenvalue weighted by Gasteiger charge is -2.39. The smallest absolute Gasteiger partial charge is 0.161 e. The second-order valence-electron chi connectivity index (χ2n) is 9.55. The minimum Gasteiger partial charge on any atom is -0.369 e. The zero-order chi connectivity index (χ0) is 25.1. The lowest BCUT2D eigenvalue weighted by molar-refractivity contribution is 0.101. The lowest BCUT2D eigenvalue weighted by Crippen LogP contribution is -2.50. The van der Waals surface area contributed by atoms with Gasteiger partial charge in [0.2, 0.25) is 0 Å². The Balaban J connectivity index is 1.29. The molecule has 1 aliphatic rings. The van der Waals surface area contributed by atoms with Crippen molar-refractivity contribution in [3.63, 3.8) is 0 Å². The van der Waals surface area contributed by atoms with E-state index in [4.69, 9.17) is 0 Å². The van der Waals surface area contributed by atoms with Gasteiger partial charge >= 0.3 is 0 Å². The number of fused-ring (bicyclic) bond motifs is 1. The van der Waals surface area contributed by atoms with Gasteiger partial charge in [0.25, 0.3) is 0 Å². The fourth-order valence-electron chi connectivity index (χ4n) is 5.28. The first-order valence-electron chi connectivity index (χ1n) is 13.0. The summed E-state index contributed by atoms with van der Waals surface area (Å²) >= 11 is 0. The van der Waals surface area contributed by atoms with Crippen LogP contribution in [-0.2, 0) is 0 Å². The fraction of sp³-hybridized carbons (Fsp3) is 0.333. The first-order valence-corrected chi connectivity index (χ1v) is 13.0. The summed E-state index contributed by atoms with van der Waals surface area (Å²) in [6, 6.07) is 21.3. The van der Waals surface area contributed by atoms with E-state index in [-0.39, 0.29) is 5.78 Å². The number of Topliss-reactive ketones (excluding diaryl/α,β-unsaturated/α-hetero) is 1. The van der Waals surface area contributed by atoms with Crippen molar-refractivity contribution in [3.05, 3.63) is 78.6 Å². The highest BCUT2D eigenvalue weighted by atomic mass is 16.1. The lowest BCUT2D eigenvalue weighted by atomic mass is 10.1. The molecule has 0 aliphatic carbocycles. The van der Waals surface area contributed by atoms with Crippen molar-refractivity contribution in [2.24, 2.45) is 0 Å². The van der Waals surface area contributed by atoms with Gasteiger partial charge in [0.15, 0.2) is 11.4 Å². The van der Waals surface area contributed by atoms with E-state index in [1.54, 1.807) is 6.92 Å². The van der Waals surface area contributed by atoms with E-state index in [2.05, 4.69) is 74.7 Å². The van der Waals surface area contributed by atoms with E-state index in [0.29, 0.717) is 6.04 Å². The zero-order valence-corrected chi connectivity index (χ0v) is 21.4. The summed E-state index contributed by atoms with van der Waals surface area (Å²) in [4.78, 5) is 21.4. The number of ketones is 1. The number of imidazole rings is 1. The van der Waals surface area contributed by atoms with Gasteiger partial charge in [-0.3, -0.25) is 14.1 Å². The minimum atomic E-state index is 0.0729. The Kier molecular flexibility index (Phi) is 7.05. The quantitative estimate of drug-likeness (QED) is 0.301. The largest absolute Gasteiger partial charge is 0.369 e. The van der Waals surface area contributed by atoms with Gasteiger partial charge in [-0.15, -0.1) is 0 Å². The molecular formula is C30H35N5O. The number of aromatic nitrogens is 2. The minimum absolute atomic E-state index is 0.0729. The van der Waals surface area contributed by atoms with Crippen molar-refractivity contribution in [2.45, 2.75) is 39.7 Å². The van der Waals surface area contributed by atoms with E-state index in [1.165, 1.54) is 18.5 Å². The maximum absolute atomic E-state index is 11.6. The van der Waals surface area contributed by atoms with Crippen molar-refractivity contribution >= 4 is 28.5 Å². The van der Waals surface area contributed by atoms with Crippen LogP contribution in [0.25, 0.3) is 16.9 Å². The molecule has 0 bridgehead atoms. The summed E-state index contributed by atoms with van der Waals surface area (Å²) in [5.41, 5.74) is 6.93. The van der Waals surface area contributed by atoms with Crippen LogP contribution in [0.2, 0.25) is 0 Å². The molecule has 5 rings (SSSR count). The molecule has 36 heavy (non-hydrogen) atoms. The average Bonchev–Trinajstić information content (AvgIpc) is 3.41. The van der Waals surface area contributed by atoms with Crippen LogP contribution in [-0.4, -0.2) is 52.3 Å². The number of hydrogen-bond acceptors (Lipinski definition) is 5. The maximum atomic E-state index is 11.6. The Labute approximate surface area is 213 Å². The van der Waals surface area contributed by atoms with E-state index in [0.717, 1.165) is 60.0 Å². The van der Waals surface area contributed by atoms with Crippen LogP contribution in [0.3, 0.4) is 0 Å². The molecule has 0 amide bonds. The molecule has 0 spiro atoms. The van der Waals surface area contributed by atoms with E-state index in [1.807, 2.05) is 36.7 Å². The number of benzene rings is 2. The van der Waals surface area contributed by atoms with Crippen LogP contribution in [0.5, 0.6) is 0 Å². The molecule has 6 heteroatoms. The van der Waals surface area contributed by atoms with E-state index in [9.17, 15) is 4.79 Å². The Hall–Kier alpha value is -3.64. The molecule has 0 saturated carbocycles. The molecule has 0 unspecified atom stereocenters. The van der Waals surface area contributed by atoms with Crippen molar-refractivity contribution in [1.29, 1.82) is 0 Å². The fourth-order valence-corrected chi connectivity index (χ4v) is 5.28. The molecule has 1 N–H and O–H groups in total. The van der Waals surface area contributed by atoms with Crippen LogP contribution in [0, 0.1) is 0 Å². The van der Waals surface area contributed by atoms with Gasteiger partial charge in [-0.1, -0.05) is 38.1 Å². The van der Waals surface area contributed by atoms with Crippen LogP contribution in [0.4, 0.5) is 17.1 Å². The van der Waals surface area contributed by atoms with Gasteiger partial charge in [0.1, 0.15) is 0 Å². The summed E-state index contributed by atoms with van der Waals surface area (Å²) in [6.07, 6.45) is 6.25. The molecular weight excluding hydrogens is 446 g/mol. The number of pyridine rings is 1. The van der Waals surface area contributed by atoms with Crippen molar-refractivity contribution < 1.29 is 4.79 Å². The third-order valence-corrected chi connectivity index (χ3v) is 7.42. The molecule has 2 aromatic heterocycles. The molecule has 1 aliphatic heterocycles. The molecule has 4 aromatic rings. The molecule has 1 saturated heterocycles. The highest BCUT2D eigenvalue weighted by Crippen LogP contribution is 2.29. The summed E-state index contributed by atoms with van der Waals surface area (Å²) in [5.74, 6) is 0.0729.